The zero-order valence-corrected chi connectivity index (χ0v) is 16.6. The van der Waals surface area contributed by atoms with Gasteiger partial charge in [0.05, 0.1) is 24.4 Å². The number of benzene rings is 1. The van der Waals surface area contributed by atoms with Crippen molar-refractivity contribution in [2.24, 2.45) is 0 Å². The third kappa shape index (κ3) is 4.51. The molecule has 1 atom stereocenters. The number of aromatic nitrogens is 4. The van der Waals surface area contributed by atoms with E-state index in [0.717, 1.165) is 5.56 Å². The lowest BCUT2D eigenvalue weighted by atomic mass is 10.1. The van der Waals surface area contributed by atoms with Crippen LogP contribution in [0.5, 0.6) is 0 Å². The fourth-order valence-corrected chi connectivity index (χ4v) is 3.38. The highest BCUT2D eigenvalue weighted by molar-refractivity contribution is 5.76. The Hall–Kier alpha value is -3.20. The van der Waals surface area contributed by atoms with E-state index >= 15 is 0 Å². The number of amides is 1. The van der Waals surface area contributed by atoms with Crippen LogP contribution in [0.25, 0.3) is 11.4 Å². The van der Waals surface area contributed by atoms with Crippen LogP contribution in [0.1, 0.15) is 36.6 Å². The molecule has 156 valence electrons. The van der Waals surface area contributed by atoms with E-state index < -0.39 is 6.10 Å². The molecule has 1 amide bonds. The molecule has 1 aromatic carbocycles. The van der Waals surface area contributed by atoms with Gasteiger partial charge in [0.15, 0.2) is 0 Å². The maximum absolute atomic E-state index is 13.0. The van der Waals surface area contributed by atoms with Crippen molar-refractivity contribution in [3.05, 3.63) is 59.8 Å². The van der Waals surface area contributed by atoms with Gasteiger partial charge in [-0.1, -0.05) is 24.2 Å². The van der Waals surface area contributed by atoms with Crippen molar-refractivity contribution in [3.63, 3.8) is 0 Å². The summed E-state index contributed by atoms with van der Waals surface area (Å²) in [4.78, 5) is 27.3. The lowest BCUT2D eigenvalue weighted by molar-refractivity contribution is -0.139. The molecule has 1 saturated heterocycles. The number of ether oxygens (including phenoxy) is 1. The number of morpholine rings is 1. The molecule has 1 aliphatic rings. The Kier molecular flexibility index (Phi) is 6.08. The van der Waals surface area contributed by atoms with E-state index in [4.69, 9.17) is 9.26 Å². The van der Waals surface area contributed by atoms with E-state index in [1.54, 1.807) is 23.2 Å². The van der Waals surface area contributed by atoms with E-state index in [1.165, 1.54) is 18.5 Å². The van der Waals surface area contributed by atoms with E-state index in [2.05, 4.69) is 20.1 Å². The van der Waals surface area contributed by atoms with Gasteiger partial charge in [-0.05, 0) is 24.1 Å². The molecule has 0 radical (unpaired) electrons. The first-order valence-electron chi connectivity index (χ1n) is 9.90. The van der Waals surface area contributed by atoms with Crippen LogP contribution in [-0.4, -0.2) is 50.6 Å². The van der Waals surface area contributed by atoms with Crippen molar-refractivity contribution >= 4 is 5.91 Å². The summed E-state index contributed by atoms with van der Waals surface area (Å²) in [6.07, 6.45) is 4.20. The number of halogens is 1. The van der Waals surface area contributed by atoms with Gasteiger partial charge in [-0.25, -0.2) is 14.4 Å². The zero-order chi connectivity index (χ0) is 20.9. The fraction of sp³-hybridized carbons (Fsp3) is 0.381. The SMILES string of the molecule is CCc1nc(-c2cncnc2[C@@H]2CN(C(=O)CCc3ccc(F)cc3)CCO2)no1. The third-order valence-electron chi connectivity index (χ3n) is 5.02. The highest BCUT2D eigenvalue weighted by atomic mass is 19.1. The van der Waals surface area contributed by atoms with Crippen LogP contribution in [0.4, 0.5) is 4.39 Å². The Morgan fingerprint density at radius 3 is 2.90 bits per heavy atom. The Bertz CT molecular complexity index is 1010. The van der Waals surface area contributed by atoms with E-state index in [-0.39, 0.29) is 11.7 Å². The molecular weight excluding hydrogens is 389 g/mol. The topological polar surface area (TPSA) is 94.2 Å². The van der Waals surface area contributed by atoms with Gasteiger partial charge < -0.3 is 14.2 Å². The largest absolute Gasteiger partial charge is 0.368 e. The molecule has 8 nitrogen and oxygen atoms in total. The monoisotopic (exact) mass is 411 g/mol. The minimum absolute atomic E-state index is 0.0241. The highest BCUT2D eigenvalue weighted by Crippen LogP contribution is 2.28. The molecule has 4 rings (SSSR count). The lowest BCUT2D eigenvalue weighted by Crippen LogP contribution is -2.42. The maximum atomic E-state index is 13.0. The molecular formula is C21H22FN5O3. The van der Waals surface area contributed by atoms with Crippen molar-refractivity contribution < 1.29 is 18.4 Å². The van der Waals surface area contributed by atoms with Crippen LogP contribution in [0.3, 0.4) is 0 Å². The van der Waals surface area contributed by atoms with Crippen molar-refractivity contribution in [1.82, 2.24) is 25.0 Å². The summed E-state index contributed by atoms with van der Waals surface area (Å²) in [5.74, 6) is 0.679. The van der Waals surface area contributed by atoms with Crippen LogP contribution >= 0.6 is 0 Å². The molecule has 0 unspecified atom stereocenters. The number of hydrogen-bond acceptors (Lipinski definition) is 7. The van der Waals surface area contributed by atoms with Crippen molar-refractivity contribution in [1.29, 1.82) is 0 Å². The van der Waals surface area contributed by atoms with Gasteiger partial charge >= 0.3 is 0 Å². The Balaban J connectivity index is 1.45. The summed E-state index contributed by atoms with van der Waals surface area (Å²) in [6.45, 7) is 3.23. The van der Waals surface area contributed by atoms with Gasteiger partial charge in [-0.15, -0.1) is 0 Å². The predicted molar refractivity (Wildman–Crippen MR) is 105 cm³/mol. The van der Waals surface area contributed by atoms with E-state index in [9.17, 15) is 9.18 Å². The zero-order valence-electron chi connectivity index (χ0n) is 16.6. The minimum Gasteiger partial charge on any atom is -0.368 e. The molecule has 3 heterocycles. The number of nitrogens with zero attached hydrogens (tertiary/aromatic N) is 5. The quantitative estimate of drug-likeness (QED) is 0.616. The van der Waals surface area contributed by atoms with Gasteiger partial charge in [0.25, 0.3) is 0 Å². The summed E-state index contributed by atoms with van der Waals surface area (Å²) in [5, 5.41) is 4.01. The number of carbonyl (C=O) groups excluding carboxylic acids is 1. The summed E-state index contributed by atoms with van der Waals surface area (Å²) >= 11 is 0. The first kappa shape index (κ1) is 20.1. The van der Waals surface area contributed by atoms with E-state index in [1.807, 2.05) is 6.92 Å². The van der Waals surface area contributed by atoms with E-state index in [0.29, 0.717) is 61.9 Å². The highest BCUT2D eigenvalue weighted by Gasteiger charge is 2.29. The van der Waals surface area contributed by atoms with Crippen molar-refractivity contribution in [2.75, 3.05) is 19.7 Å². The molecule has 0 N–H and O–H groups in total. The predicted octanol–water partition coefficient (Wildman–Crippen LogP) is 2.76. The summed E-state index contributed by atoms with van der Waals surface area (Å²) in [7, 11) is 0. The molecule has 9 heteroatoms. The second kappa shape index (κ2) is 9.08. The van der Waals surface area contributed by atoms with Gasteiger partial charge in [-0.3, -0.25) is 4.79 Å². The number of rotatable bonds is 6. The maximum Gasteiger partial charge on any atom is 0.226 e. The molecule has 2 aromatic heterocycles. The Morgan fingerprint density at radius 1 is 1.30 bits per heavy atom. The van der Waals surface area contributed by atoms with Crippen LogP contribution in [-0.2, 0) is 22.4 Å². The van der Waals surface area contributed by atoms with Crippen LogP contribution in [0.15, 0.2) is 41.3 Å². The molecule has 1 aliphatic heterocycles. The molecule has 3 aromatic rings. The van der Waals surface area contributed by atoms with Crippen LogP contribution in [0, 0.1) is 5.82 Å². The molecule has 0 spiro atoms. The molecule has 0 aliphatic carbocycles. The average molecular weight is 411 g/mol. The molecule has 0 saturated carbocycles. The second-order valence-electron chi connectivity index (χ2n) is 7.01. The number of carbonyl (C=O) groups is 1. The Morgan fingerprint density at radius 2 is 2.13 bits per heavy atom. The van der Waals surface area contributed by atoms with Gasteiger partial charge in [0.2, 0.25) is 17.6 Å². The minimum atomic E-state index is -0.407. The summed E-state index contributed by atoms with van der Waals surface area (Å²) < 4.78 is 24.2. The average Bonchev–Trinajstić information content (AvgIpc) is 3.28. The number of hydrogen-bond donors (Lipinski definition) is 0. The van der Waals surface area contributed by atoms with Crippen molar-refractivity contribution in [2.45, 2.75) is 32.3 Å². The molecule has 1 fully saturated rings. The molecule has 0 bridgehead atoms. The standard InChI is InChI=1S/C21H22FN5O3/c1-2-18-25-21(26-30-18)16-11-23-13-24-20(16)17-12-27(9-10-29-17)19(28)8-5-14-3-6-15(22)7-4-14/h3-4,6-7,11,13,17H,2,5,8-10,12H2,1H3/t17-/m0/s1. The first-order valence-corrected chi connectivity index (χ1v) is 9.90. The van der Waals surface area contributed by atoms with Gasteiger partial charge in [0, 0.05) is 25.6 Å². The lowest BCUT2D eigenvalue weighted by Gasteiger charge is -2.33. The first-order chi connectivity index (χ1) is 14.6. The summed E-state index contributed by atoms with van der Waals surface area (Å²) in [5.41, 5.74) is 2.19. The third-order valence-corrected chi connectivity index (χ3v) is 5.02. The van der Waals surface area contributed by atoms with Crippen LogP contribution < -0.4 is 0 Å². The normalized spacial score (nSPS) is 16.6. The van der Waals surface area contributed by atoms with Gasteiger partial charge in [0.1, 0.15) is 18.2 Å². The second-order valence-corrected chi connectivity index (χ2v) is 7.01. The Labute approximate surface area is 173 Å². The van der Waals surface area contributed by atoms with Gasteiger partial charge in [-0.2, -0.15) is 4.98 Å². The van der Waals surface area contributed by atoms with Crippen molar-refractivity contribution in [3.8, 4) is 11.4 Å². The fourth-order valence-electron chi connectivity index (χ4n) is 3.38. The number of aryl methyl sites for hydroxylation is 2. The molecule has 30 heavy (non-hydrogen) atoms. The summed E-state index contributed by atoms with van der Waals surface area (Å²) in [6, 6.07) is 6.22. The van der Waals surface area contributed by atoms with Crippen LogP contribution in [0.2, 0.25) is 0 Å². The smallest absolute Gasteiger partial charge is 0.226 e.